The maximum atomic E-state index is 13.8. The van der Waals surface area contributed by atoms with Gasteiger partial charge in [0.1, 0.15) is 0 Å². The van der Waals surface area contributed by atoms with Crippen LogP contribution < -0.4 is 10.2 Å². The molecule has 8 heteroatoms. The van der Waals surface area contributed by atoms with E-state index in [1.54, 1.807) is 36.1 Å². The molecule has 2 aliphatic rings. The van der Waals surface area contributed by atoms with E-state index >= 15 is 0 Å². The van der Waals surface area contributed by atoms with Crippen LogP contribution >= 0.6 is 0 Å². The number of hydrogen-bond donors (Lipinski definition) is 2. The van der Waals surface area contributed by atoms with Crippen molar-refractivity contribution in [2.24, 2.45) is 0 Å². The molecule has 2 aliphatic heterocycles. The van der Waals surface area contributed by atoms with E-state index in [0.29, 0.717) is 37.4 Å². The lowest BCUT2D eigenvalue weighted by Gasteiger charge is -2.35. The standard InChI is InChI=1S/C28H32N4O4/c1-3-4-16-36-17-8-14-29-25(33)19-9-7-10-20(18-19)32-26(34)28(2)24-22(13-15-31(28)27(32)35)21-11-5-6-12-23(21)30-24/h5-7,9-12,18,30H,3-4,8,13-17H2,1-2H3,(H,29,33)/t28-/m0/s1. The summed E-state index contributed by atoms with van der Waals surface area (Å²) in [5.41, 5.74) is 2.48. The van der Waals surface area contributed by atoms with Crippen LogP contribution in [0.2, 0.25) is 0 Å². The maximum absolute atomic E-state index is 13.8. The quantitative estimate of drug-likeness (QED) is 0.346. The number of unbranched alkanes of at least 4 members (excludes halogenated alkanes) is 1. The highest BCUT2D eigenvalue weighted by Gasteiger charge is 2.59. The van der Waals surface area contributed by atoms with E-state index in [1.165, 1.54) is 4.90 Å². The zero-order chi connectivity index (χ0) is 25.3. The van der Waals surface area contributed by atoms with Crippen molar-refractivity contribution in [2.45, 2.75) is 45.1 Å². The minimum absolute atomic E-state index is 0.244. The van der Waals surface area contributed by atoms with Crippen LogP contribution in [-0.2, 0) is 21.5 Å². The van der Waals surface area contributed by atoms with Gasteiger partial charge in [0.15, 0.2) is 5.54 Å². The molecule has 0 spiro atoms. The predicted molar refractivity (Wildman–Crippen MR) is 138 cm³/mol. The molecule has 3 heterocycles. The van der Waals surface area contributed by atoms with Crippen LogP contribution in [0, 0.1) is 0 Å². The normalized spacial score (nSPS) is 19.1. The largest absolute Gasteiger partial charge is 0.381 e. The molecule has 3 aromatic rings. The molecule has 0 unspecified atom stereocenters. The van der Waals surface area contributed by atoms with Gasteiger partial charge < -0.3 is 19.9 Å². The highest BCUT2D eigenvalue weighted by atomic mass is 16.5. The lowest BCUT2D eigenvalue weighted by molar-refractivity contribution is -0.125. The van der Waals surface area contributed by atoms with E-state index in [4.69, 9.17) is 4.74 Å². The number of urea groups is 1. The van der Waals surface area contributed by atoms with E-state index < -0.39 is 5.54 Å². The Morgan fingerprint density at radius 2 is 1.92 bits per heavy atom. The number of ether oxygens (including phenoxy) is 1. The summed E-state index contributed by atoms with van der Waals surface area (Å²) in [7, 11) is 0. The number of H-pyrrole nitrogens is 1. The van der Waals surface area contributed by atoms with Gasteiger partial charge in [0.25, 0.3) is 11.8 Å². The predicted octanol–water partition coefficient (Wildman–Crippen LogP) is 4.34. The summed E-state index contributed by atoms with van der Waals surface area (Å²) >= 11 is 0. The van der Waals surface area contributed by atoms with Gasteiger partial charge in [-0.15, -0.1) is 0 Å². The number of carbonyl (C=O) groups is 3. The molecule has 188 valence electrons. The Labute approximate surface area is 210 Å². The van der Waals surface area contributed by atoms with Crippen molar-refractivity contribution in [3.63, 3.8) is 0 Å². The molecule has 0 bridgehead atoms. The van der Waals surface area contributed by atoms with Crippen molar-refractivity contribution in [3.05, 3.63) is 65.4 Å². The van der Waals surface area contributed by atoms with Crippen LogP contribution in [-0.4, -0.2) is 54.0 Å². The number of aromatic amines is 1. The SMILES string of the molecule is CCCCOCCCNC(=O)c1cccc(N2C(=O)N3CCc4c([nH]c5ccccc45)[C@@]3(C)C2=O)c1. The summed E-state index contributed by atoms with van der Waals surface area (Å²) in [5, 5.41) is 3.98. The topological polar surface area (TPSA) is 94.7 Å². The summed E-state index contributed by atoms with van der Waals surface area (Å²) in [6.45, 7) is 6.20. The van der Waals surface area contributed by atoms with Gasteiger partial charge in [0, 0.05) is 42.8 Å². The number of hydrogen-bond acceptors (Lipinski definition) is 4. The highest BCUT2D eigenvalue weighted by Crippen LogP contribution is 2.45. The van der Waals surface area contributed by atoms with Gasteiger partial charge in [-0.05, 0) is 56.0 Å². The molecule has 0 aliphatic carbocycles. The third-order valence-electron chi connectivity index (χ3n) is 7.23. The van der Waals surface area contributed by atoms with Crippen molar-refractivity contribution < 1.29 is 19.1 Å². The Morgan fingerprint density at radius 1 is 1.11 bits per heavy atom. The zero-order valence-electron chi connectivity index (χ0n) is 20.8. The monoisotopic (exact) mass is 488 g/mol. The molecule has 2 aromatic carbocycles. The van der Waals surface area contributed by atoms with Gasteiger partial charge in [0.05, 0.1) is 11.4 Å². The second-order valence-corrected chi connectivity index (χ2v) is 9.55. The van der Waals surface area contributed by atoms with E-state index in [2.05, 4.69) is 17.2 Å². The number of benzene rings is 2. The van der Waals surface area contributed by atoms with Gasteiger partial charge in [-0.2, -0.15) is 0 Å². The van der Waals surface area contributed by atoms with Crippen LogP contribution in [0.4, 0.5) is 10.5 Å². The third-order valence-corrected chi connectivity index (χ3v) is 7.23. The molecule has 1 aromatic heterocycles. The fourth-order valence-electron chi connectivity index (χ4n) is 5.23. The van der Waals surface area contributed by atoms with Crippen molar-refractivity contribution in [3.8, 4) is 0 Å². The molecular formula is C28H32N4O4. The van der Waals surface area contributed by atoms with Crippen LogP contribution in [0.25, 0.3) is 10.9 Å². The van der Waals surface area contributed by atoms with Gasteiger partial charge in [-0.1, -0.05) is 37.6 Å². The molecular weight excluding hydrogens is 456 g/mol. The average Bonchev–Trinajstić information content (AvgIpc) is 3.37. The van der Waals surface area contributed by atoms with Crippen molar-refractivity contribution >= 4 is 34.4 Å². The Kier molecular flexibility index (Phi) is 6.53. The molecule has 0 radical (unpaired) electrons. The number of carbonyl (C=O) groups excluding carboxylic acids is 3. The number of aromatic nitrogens is 1. The summed E-state index contributed by atoms with van der Waals surface area (Å²) < 4.78 is 5.53. The zero-order valence-corrected chi connectivity index (χ0v) is 20.8. The number of imide groups is 1. The van der Waals surface area contributed by atoms with Crippen LogP contribution in [0.3, 0.4) is 0 Å². The van der Waals surface area contributed by atoms with E-state index in [-0.39, 0.29) is 17.8 Å². The first-order chi connectivity index (χ1) is 17.5. The number of nitrogens with zero attached hydrogens (tertiary/aromatic N) is 2. The average molecular weight is 489 g/mol. The minimum atomic E-state index is -1.13. The Bertz CT molecular complexity index is 1320. The van der Waals surface area contributed by atoms with Crippen molar-refractivity contribution in [2.75, 3.05) is 31.2 Å². The van der Waals surface area contributed by atoms with Gasteiger partial charge >= 0.3 is 6.03 Å². The lowest BCUT2D eigenvalue weighted by Crippen LogP contribution is -2.49. The number of nitrogens with one attached hydrogen (secondary N) is 2. The molecule has 1 saturated heterocycles. The molecule has 2 N–H and O–H groups in total. The highest BCUT2D eigenvalue weighted by molar-refractivity contribution is 6.24. The summed E-state index contributed by atoms with van der Waals surface area (Å²) in [6, 6.07) is 14.3. The fourth-order valence-corrected chi connectivity index (χ4v) is 5.23. The molecule has 1 atom stereocenters. The number of amides is 4. The molecule has 5 rings (SSSR count). The van der Waals surface area contributed by atoms with Crippen molar-refractivity contribution in [1.82, 2.24) is 15.2 Å². The van der Waals surface area contributed by atoms with Crippen LogP contribution in [0.1, 0.15) is 54.7 Å². The number of rotatable bonds is 9. The first-order valence-electron chi connectivity index (χ1n) is 12.7. The number of para-hydroxylation sites is 1. The minimum Gasteiger partial charge on any atom is -0.381 e. The Hall–Kier alpha value is -3.65. The molecule has 1 fully saturated rings. The third kappa shape index (κ3) is 3.95. The first-order valence-corrected chi connectivity index (χ1v) is 12.7. The van der Waals surface area contributed by atoms with E-state index in [1.807, 2.05) is 24.3 Å². The van der Waals surface area contributed by atoms with Crippen molar-refractivity contribution in [1.29, 1.82) is 0 Å². The van der Waals surface area contributed by atoms with E-state index in [0.717, 1.165) is 48.0 Å². The summed E-state index contributed by atoms with van der Waals surface area (Å²) in [6.07, 6.45) is 3.52. The molecule has 0 saturated carbocycles. The van der Waals surface area contributed by atoms with Gasteiger partial charge in [-0.3, -0.25) is 9.59 Å². The maximum Gasteiger partial charge on any atom is 0.332 e. The molecule has 4 amide bonds. The number of anilines is 1. The molecule has 8 nitrogen and oxygen atoms in total. The second-order valence-electron chi connectivity index (χ2n) is 9.55. The van der Waals surface area contributed by atoms with Gasteiger partial charge in [-0.25, -0.2) is 9.69 Å². The summed E-state index contributed by atoms with van der Waals surface area (Å²) in [4.78, 5) is 46.3. The number of fused-ring (bicyclic) bond motifs is 5. The fraction of sp³-hybridized carbons (Fsp3) is 0.393. The second kappa shape index (κ2) is 9.78. The Morgan fingerprint density at radius 3 is 2.75 bits per heavy atom. The molecule has 36 heavy (non-hydrogen) atoms. The Balaban J connectivity index is 1.34. The lowest BCUT2D eigenvalue weighted by atomic mass is 9.87. The van der Waals surface area contributed by atoms with Crippen LogP contribution in [0.5, 0.6) is 0 Å². The summed E-state index contributed by atoms with van der Waals surface area (Å²) in [5.74, 6) is -0.562. The van der Waals surface area contributed by atoms with E-state index in [9.17, 15) is 14.4 Å². The smallest absolute Gasteiger partial charge is 0.332 e. The van der Waals surface area contributed by atoms with Gasteiger partial charge in [0.2, 0.25) is 0 Å². The first kappa shape index (κ1) is 24.1. The van der Waals surface area contributed by atoms with Crippen LogP contribution in [0.15, 0.2) is 48.5 Å².